The number of nitrogens with zero attached hydrogens (tertiary/aromatic N) is 1. The molecule has 13 nitrogen and oxygen atoms in total. The number of carboxylic acids is 1. The fraction of sp³-hybridized carbons (Fsp3) is 0.216. The van der Waals surface area contributed by atoms with Gasteiger partial charge in [0.1, 0.15) is 30.2 Å². The zero-order valence-electron chi connectivity index (χ0n) is 27.5. The predicted octanol–water partition coefficient (Wildman–Crippen LogP) is 2.89. The standard InChI is InChI=1S/C37H36ClN5O8/c1-43(33(46)20-41-35(47)24-5-3-22(4-6-24)23-7-10-26(38)11-8-23)34-25-9-13-31(51-15-14-39)28(18-25)27-16-21(2-12-30(27)44)17-29(37(49)50)42-32(45)19-40-36(34)48/h2-13,16,18,29,34,44H,14-15,17,19-20,39H2,1H3,(H,40,48)(H,41,47)(H,42,45)(H,49,50)/t29-,34?/m0/s1. The number of carbonyl (C=O) groups excluding carboxylic acids is 4. The van der Waals surface area contributed by atoms with E-state index in [1.165, 1.54) is 19.2 Å². The molecule has 0 saturated carbocycles. The van der Waals surface area contributed by atoms with Crippen LogP contribution in [0.3, 0.4) is 0 Å². The maximum Gasteiger partial charge on any atom is 0.326 e. The van der Waals surface area contributed by atoms with Crippen LogP contribution in [0.25, 0.3) is 22.3 Å². The number of aromatic hydroxyl groups is 1. The summed E-state index contributed by atoms with van der Waals surface area (Å²) in [6, 6.07) is 20.6. The van der Waals surface area contributed by atoms with Crippen molar-refractivity contribution in [1.82, 2.24) is 20.9 Å². The summed E-state index contributed by atoms with van der Waals surface area (Å²) in [5.74, 6) is -3.81. The number of fused-ring (bicyclic) bond motifs is 5. The highest BCUT2D eigenvalue weighted by Gasteiger charge is 2.31. The molecule has 0 saturated heterocycles. The Morgan fingerprint density at radius 1 is 0.961 bits per heavy atom. The second-order valence-electron chi connectivity index (χ2n) is 11.8. The number of carboxylic acid groups (broad SMARTS) is 1. The lowest BCUT2D eigenvalue weighted by atomic mass is 9.94. The molecule has 5 rings (SSSR count). The maximum absolute atomic E-state index is 13.7. The van der Waals surface area contributed by atoms with Gasteiger partial charge in [0, 0.05) is 41.7 Å². The molecule has 4 bridgehead atoms. The molecule has 0 aromatic heterocycles. The van der Waals surface area contributed by atoms with E-state index in [0.29, 0.717) is 33.0 Å². The zero-order chi connectivity index (χ0) is 36.7. The number of benzene rings is 4. The normalized spacial score (nSPS) is 15.8. The molecule has 4 aromatic carbocycles. The maximum atomic E-state index is 13.7. The third-order valence-electron chi connectivity index (χ3n) is 8.30. The second kappa shape index (κ2) is 16.2. The Balaban J connectivity index is 1.43. The van der Waals surface area contributed by atoms with Gasteiger partial charge >= 0.3 is 5.97 Å². The van der Waals surface area contributed by atoms with Crippen LogP contribution in [0.1, 0.15) is 27.5 Å². The largest absolute Gasteiger partial charge is 0.507 e. The molecule has 2 atom stereocenters. The van der Waals surface area contributed by atoms with E-state index in [-0.39, 0.29) is 30.9 Å². The van der Waals surface area contributed by atoms with Gasteiger partial charge in [-0.15, -0.1) is 0 Å². The molecule has 4 amide bonds. The van der Waals surface area contributed by atoms with Crippen LogP contribution in [0.4, 0.5) is 0 Å². The fourth-order valence-corrected chi connectivity index (χ4v) is 5.75. The number of nitrogens with two attached hydrogens (primary N) is 1. The smallest absolute Gasteiger partial charge is 0.326 e. The van der Waals surface area contributed by atoms with Gasteiger partial charge < -0.3 is 41.5 Å². The highest BCUT2D eigenvalue weighted by molar-refractivity contribution is 6.30. The Kier molecular flexibility index (Phi) is 11.5. The SMILES string of the molecule is CN(C(=O)CNC(=O)c1ccc(-c2ccc(Cl)cc2)cc1)C1C(=O)NCC(=O)N[C@H](C(=O)O)Cc2ccc(O)c(c2)-c2cc1ccc2OCCN. The van der Waals surface area contributed by atoms with Gasteiger partial charge in [-0.05, 0) is 70.8 Å². The van der Waals surface area contributed by atoms with Gasteiger partial charge in [0.15, 0.2) is 0 Å². The Labute approximate surface area is 298 Å². The van der Waals surface area contributed by atoms with Crippen LogP contribution in [0.2, 0.25) is 5.02 Å². The molecule has 1 aliphatic heterocycles. The van der Waals surface area contributed by atoms with Crippen molar-refractivity contribution in [3.05, 3.63) is 107 Å². The summed E-state index contributed by atoms with van der Waals surface area (Å²) in [4.78, 5) is 66.2. The van der Waals surface area contributed by atoms with Crippen molar-refractivity contribution in [2.45, 2.75) is 18.5 Å². The highest BCUT2D eigenvalue weighted by atomic mass is 35.5. The molecule has 4 aromatic rings. The summed E-state index contributed by atoms with van der Waals surface area (Å²) < 4.78 is 5.85. The Hall–Kier alpha value is -5.92. The summed E-state index contributed by atoms with van der Waals surface area (Å²) in [6.45, 7) is -0.721. The fourth-order valence-electron chi connectivity index (χ4n) is 5.63. The predicted molar refractivity (Wildman–Crippen MR) is 189 cm³/mol. The number of hydrogen-bond acceptors (Lipinski definition) is 8. The summed E-state index contributed by atoms with van der Waals surface area (Å²) in [5.41, 5.74) is 9.16. The molecule has 264 valence electrons. The number of ether oxygens (including phenoxy) is 1. The number of hydrogen-bond donors (Lipinski definition) is 6. The first-order chi connectivity index (χ1) is 24.4. The van der Waals surface area contributed by atoms with Gasteiger partial charge in [0.25, 0.3) is 5.91 Å². The van der Waals surface area contributed by atoms with Crippen LogP contribution in [0.5, 0.6) is 11.5 Å². The lowest BCUT2D eigenvalue weighted by Gasteiger charge is -2.29. The molecule has 51 heavy (non-hydrogen) atoms. The van der Waals surface area contributed by atoms with Crippen LogP contribution in [-0.2, 0) is 25.6 Å². The van der Waals surface area contributed by atoms with Gasteiger partial charge in [-0.3, -0.25) is 19.2 Å². The van der Waals surface area contributed by atoms with Crippen molar-refractivity contribution >= 4 is 41.2 Å². The summed E-state index contributed by atoms with van der Waals surface area (Å²) in [5, 5.41) is 28.8. The third-order valence-corrected chi connectivity index (χ3v) is 8.55. The Bertz CT molecular complexity index is 1950. The number of rotatable bonds is 9. The van der Waals surface area contributed by atoms with Crippen molar-refractivity contribution in [2.75, 3.05) is 33.3 Å². The van der Waals surface area contributed by atoms with Crippen LogP contribution in [0, 0.1) is 0 Å². The van der Waals surface area contributed by atoms with E-state index >= 15 is 0 Å². The third kappa shape index (κ3) is 8.82. The molecular weight excluding hydrogens is 678 g/mol. The van der Waals surface area contributed by atoms with E-state index in [4.69, 9.17) is 22.1 Å². The van der Waals surface area contributed by atoms with Crippen molar-refractivity contribution in [2.24, 2.45) is 5.73 Å². The van der Waals surface area contributed by atoms with Gasteiger partial charge in [-0.25, -0.2) is 4.79 Å². The average molecular weight is 714 g/mol. The van der Waals surface area contributed by atoms with Crippen LogP contribution < -0.4 is 26.4 Å². The van der Waals surface area contributed by atoms with Crippen molar-refractivity contribution in [3.8, 4) is 33.8 Å². The first-order valence-corrected chi connectivity index (χ1v) is 16.3. The number of likely N-dealkylation sites (N-methyl/N-ethyl adjacent to an activating group) is 1. The number of amides is 4. The number of halogens is 1. The molecule has 1 unspecified atom stereocenters. The molecule has 0 fully saturated rings. The molecule has 1 heterocycles. The number of carbonyl (C=O) groups is 5. The lowest BCUT2D eigenvalue weighted by molar-refractivity contribution is -0.142. The van der Waals surface area contributed by atoms with E-state index in [9.17, 15) is 34.2 Å². The quantitative estimate of drug-likeness (QED) is 0.151. The van der Waals surface area contributed by atoms with Crippen LogP contribution in [-0.4, -0.2) is 84.0 Å². The molecule has 7 N–H and O–H groups in total. The second-order valence-corrected chi connectivity index (χ2v) is 12.2. The number of aliphatic carboxylic acids is 1. The molecule has 0 spiro atoms. The monoisotopic (exact) mass is 713 g/mol. The van der Waals surface area contributed by atoms with Gasteiger partial charge in [-0.2, -0.15) is 0 Å². The molecule has 1 aliphatic rings. The Morgan fingerprint density at radius 2 is 1.65 bits per heavy atom. The Morgan fingerprint density at radius 3 is 2.31 bits per heavy atom. The van der Waals surface area contributed by atoms with Crippen LogP contribution >= 0.6 is 11.6 Å². The van der Waals surface area contributed by atoms with Gasteiger partial charge in [0.05, 0.1) is 13.1 Å². The number of phenols is 1. The van der Waals surface area contributed by atoms with E-state index in [0.717, 1.165) is 16.0 Å². The number of phenolic OH excluding ortho intramolecular Hbond substituents is 1. The average Bonchev–Trinajstić information content (AvgIpc) is 3.12. The minimum Gasteiger partial charge on any atom is -0.507 e. The molecule has 14 heteroatoms. The van der Waals surface area contributed by atoms with Gasteiger partial charge in [0.2, 0.25) is 17.7 Å². The van der Waals surface area contributed by atoms with Crippen molar-refractivity contribution in [1.29, 1.82) is 0 Å². The first-order valence-electron chi connectivity index (χ1n) is 15.9. The highest BCUT2D eigenvalue weighted by Crippen LogP contribution is 2.39. The van der Waals surface area contributed by atoms with Crippen molar-refractivity contribution in [3.63, 3.8) is 0 Å². The summed E-state index contributed by atoms with van der Waals surface area (Å²) in [6.07, 6.45) is -0.112. The van der Waals surface area contributed by atoms with E-state index in [1.54, 1.807) is 60.7 Å². The van der Waals surface area contributed by atoms with Gasteiger partial charge in [-0.1, -0.05) is 48.0 Å². The molecule has 0 radical (unpaired) electrons. The summed E-state index contributed by atoms with van der Waals surface area (Å²) >= 11 is 5.98. The zero-order valence-corrected chi connectivity index (χ0v) is 28.3. The van der Waals surface area contributed by atoms with E-state index in [1.807, 2.05) is 12.1 Å². The topological polar surface area (TPSA) is 200 Å². The van der Waals surface area contributed by atoms with Crippen LogP contribution in [0.15, 0.2) is 84.9 Å². The first kappa shape index (κ1) is 36.4. The number of nitrogens with one attached hydrogen (secondary N) is 3. The van der Waals surface area contributed by atoms with Crippen molar-refractivity contribution < 1.29 is 38.9 Å². The molecular formula is C37H36ClN5O8. The minimum atomic E-state index is -1.34. The minimum absolute atomic E-state index is 0.112. The lowest BCUT2D eigenvalue weighted by Crippen LogP contribution is -2.49. The van der Waals surface area contributed by atoms with E-state index < -0.39 is 54.8 Å². The summed E-state index contributed by atoms with van der Waals surface area (Å²) in [7, 11) is 1.37. The van der Waals surface area contributed by atoms with E-state index in [2.05, 4.69) is 16.0 Å². The molecule has 0 aliphatic carbocycles.